The molecule has 1 saturated carbocycles. The van der Waals surface area contributed by atoms with Crippen LogP contribution >= 0.6 is 0 Å². The summed E-state index contributed by atoms with van der Waals surface area (Å²) in [4.78, 5) is 41.9. The van der Waals surface area contributed by atoms with Crippen LogP contribution in [-0.4, -0.2) is 35.5 Å². The van der Waals surface area contributed by atoms with E-state index in [-0.39, 0.29) is 22.9 Å². The second-order valence-electron chi connectivity index (χ2n) is 7.28. The number of nitrogens with zero attached hydrogens (tertiary/aromatic N) is 1. The maximum Gasteiger partial charge on any atom is 0.339 e. The van der Waals surface area contributed by atoms with Crippen molar-refractivity contribution in [1.82, 2.24) is 0 Å². The highest BCUT2D eigenvalue weighted by Gasteiger charge is 2.44. The highest BCUT2D eigenvalue weighted by molar-refractivity contribution is 6.12. The van der Waals surface area contributed by atoms with Crippen molar-refractivity contribution in [3.05, 3.63) is 40.6 Å². The number of carboxylic acid groups (broad SMARTS) is 1. The number of ketones is 2. The lowest BCUT2D eigenvalue weighted by Crippen LogP contribution is -2.39. The second kappa shape index (κ2) is 6.76. The van der Waals surface area contributed by atoms with E-state index in [0.717, 1.165) is 37.1 Å². The molecule has 4 rings (SSSR count). The number of hydrogen-bond donors (Lipinski definition) is 1. The van der Waals surface area contributed by atoms with Gasteiger partial charge in [0.05, 0.1) is 13.0 Å². The Morgan fingerprint density at radius 1 is 1.11 bits per heavy atom. The third-order valence-corrected chi connectivity index (χ3v) is 5.73. The molecule has 1 unspecified atom stereocenters. The van der Waals surface area contributed by atoms with Crippen LogP contribution in [0.25, 0.3) is 0 Å². The van der Waals surface area contributed by atoms with Gasteiger partial charge in [0, 0.05) is 35.7 Å². The van der Waals surface area contributed by atoms with Crippen LogP contribution in [0.1, 0.15) is 60.4 Å². The number of hydrogen-bond acceptors (Lipinski definition) is 5. The number of aliphatic imine (C=N–C) groups is 1. The molecular weight excluding hydrogens is 346 g/mol. The van der Waals surface area contributed by atoms with Crippen LogP contribution in [0, 0.1) is 5.92 Å². The normalized spacial score (nSPS) is 24.9. The minimum atomic E-state index is -1.10. The number of carbonyl (C=O) groups is 3. The number of Topliss-reactive ketones (excluding diaryl/α,β-unsaturated/α-hetero) is 2. The number of rotatable bonds is 3. The quantitative estimate of drug-likeness (QED) is 0.885. The molecule has 2 atom stereocenters. The van der Waals surface area contributed by atoms with E-state index < -0.39 is 17.8 Å². The summed E-state index contributed by atoms with van der Waals surface area (Å²) < 4.78 is 5.15. The molecule has 6 heteroatoms. The molecule has 0 radical (unpaired) electrons. The van der Waals surface area contributed by atoms with Crippen molar-refractivity contribution < 1.29 is 24.2 Å². The average Bonchev–Trinajstić information content (AvgIpc) is 2.66. The summed E-state index contributed by atoms with van der Waals surface area (Å²) in [5, 5.41) is 9.54. The monoisotopic (exact) mass is 367 g/mol. The van der Waals surface area contributed by atoms with Gasteiger partial charge < -0.3 is 9.84 Å². The zero-order valence-electron chi connectivity index (χ0n) is 15.2. The van der Waals surface area contributed by atoms with Crippen LogP contribution < -0.4 is 4.74 Å². The maximum atomic E-state index is 12.8. The number of allylic oxidation sites excluding steroid dienone is 2. The van der Waals surface area contributed by atoms with Gasteiger partial charge in [-0.3, -0.25) is 14.6 Å². The van der Waals surface area contributed by atoms with E-state index in [9.17, 15) is 19.5 Å². The van der Waals surface area contributed by atoms with Gasteiger partial charge >= 0.3 is 5.97 Å². The summed E-state index contributed by atoms with van der Waals surface area (Å²) in [7, 11) is 1.42. The Labute approximate surface area is 156 Å². The van der Waals surface area contributed by atoms with Crippen molar-refractivity contribution in [3.63, 3.8) is 0 Å². The van der Waals surface area contributed by atoms with Gasteiger partial charge in [-0.1, -0.05) is 6.07 Å². The van der Waals surface area contributed by atoms with Crippen LogP contribution in [0.5, 0.6) is 5.75 Å². The van der Waals surface area contributed by atoms with Crippen molar-refractivity contribution in [2.24, 2.45) is 10.9 Å². The van der Waals surface area contributed by atoms with Gasteiger partial charge in [0.2, 0.25) is 0 Å². The third-order valence-electron chi connectivity index (χ3n) is 5.73. The smallest absolute Gasteiger partial charge is 0.339 e. The molecule has 3 aliphatic rings. The van der Waals surface area contributed by atoms with Crippen LogP contribution in [0.3, 0.4) is 0 Å². The standard InChI is InChI=1S/C21H21NO5/c1-27-17-9-8-11(10-12(17)21(25)26)18-19-13(4-2-6-15(19)23)22-14-5-3-7-16(24)20(14)18/h8-10,18-19H,2-7H2,1H3,(H,25,26)/t18-,19?/m1/s1. The summed E-state index contributed by atoms with van der Waals surface area (Å²) in [5.41, 5.74) is 2.94. The van der Waals surface area contributed by atoms with Crippen molar-refractivity contribution in [2.45, 2.75) is 44.4 Å². The Bertz CT molecular complexity index is 911. The van der Waals surface area contributed by atoms with E-state index >= 15 is 0 Å². The van der Waals surface area contributed by atoms with E-state index in [0.29, 0.717) is 24.0 Å². The Kier molecular flexibility index (Phi) is 4.42. The minimum absolute atomic E-state index is 0.0233. The number of carboxylic acids is 1. The lowest BCUT2D eigenvalue weighted by atomic mass is 9.67. The molecule has 0 spiro atoms. The molecule has 140 valence electrons. The Balaban J connectivity index is 1.90. The fraction of sp³-hybridized carbons (Fsp3) is 0.429. The van der Waals surface area contributed by atoms with Gasteiger partial charge in [-0.05, 0) is 43.4 Å². The first-order valence-corrected chi connectivity index (χ1v) is 9.29. The summed E-state index contributed by atoms with van der Waals surface area (Å²) in [5.74, 6) is -1.64. The zero-order chi connectivity index (χ0) is 19.1. The van der Waals surface area contributed by atoms with Crippen molar-refractivity contribution in [1.29, 1.82) is 0 Å². The Morgan fingerprint density at radius 3 is 2.63 bits per heavy atom. The molecule has 27 heavy (non-hydrogen) atoms. The molecule has 2 aliphatic carbocycles. The molecule has 1 N–H and O–H groups in total. The summed E-state index contributed by atoms with van der Waals surface area (Å²) >= 11 is 0. The van der Waals surface area contributed by atoms with Gasteiger partial charge in [-0.25, -0.2) is 4.79 Å². The predicted molar refractivity (Wildman–Crippen MR) is 98.4 cm³/mol. The van der Waals surface area contributed by atoms with E-state index in [2.05, 4.69) is 0 Å². The Hall–Kier alpha value is -2.76. The number of benzene rings is 1. The predicted octanol–water partition coefficient (Wildman–Crippen LogP) is 3.31. The van der Waals surface area contributed by atoms with Gasteiger partial charge in [-0.15, -0.1) is 0 Å². The minimum Gasteiger partial charge on any atom is -0.496 e. The average molecular weight is 367 g/mol. The fourth-order valence-electron chi connectivity index (χ4n) is 4.55. The van der Waals surface area contributed by atoms with E-state index in [1.807, 2.05) is 0 Å². The molecular formula is C21H21NO5. The molecule has 1 aromatic carbocycles. The van der Waals surface area contributed by atoms with E-state index in [1.54, 1.807) is 18.2 Å². The number of carbonyl (C=O) groups excluding carboxylic acids is 2. The molecule has 0 aromatic heterocycles. The van der Waals surface area contributed by atoms with Gasteiger partial charge in [-0.2, -0.15) is 0 Å². The molecule has 1 aromatic rings. The van der Waals surface area contributed by atoms with Gasteiger partial charge in [0.15, 0.2) is 5.78 Å². The topological polar surface area (TPSA) is 93.0 Å². The van der Waals surface area contributed by atoms with Crippen molar-refractivity contribution >= 4 is 23.2 Å². The molecule has 0 amide bonds. The highest BCUT2D eigenvalue weighted by Crippen LogP contribution is 2.46. The first-order chi connectivity index (χ1) is 13.0. The first-order valence-electron chi connectivity index (χ1n) is 9.29. The van der Waals surface area contributed by atoms with Crippen LogP contribution in [0.2, 0.25) is 0 Å². The van der Waals surface area contributed by atoms with E-state index in [1.165, 1.54) is 7.11 Å². The van der Waals surface area contributed by atoms with Gasteiger partial charge in [0.25, 0.3) is 0 Å². The molecule has 0 saturated heterocycles. The molecule has 0 bridgehead atoms. The highest BCUT2D eigenvalue weighted by atomic mass is 16.5. The van der Waals surface area contributed by atoms with Crippen LogP contribution in [-0.2, 0) is 9.59 Å². The summed E-state index contributed by atoms with van der Waals surface area (Å²) in [6, 6.07) is 4.92. The number of fused-ring (bicyclic) bond motifs is 1. The second-order valence-corrected chi connectivity index (χ2v) is 7.28. The summed E-state index contributed by atoms with van der Waals surface area (Å²) in [6.07, 6.45) is 3.94. The number of methoxy groups -OCH3 is 1. The third kappa shape index (κ3) is 2.89. The van der Waals surface area contributed by atoms with Gasteiger partial charge in [0.1, 0.15) is 17.1 Å². The lowest BCUT2D eigenvalue weighted by molar-refractivity contribution is -0.122. The molecule has 1 aliphatic heterocycles. The SMILES string of the molecule is COc1ccc([C@H]2C3=C(CCCC3=O)N=C3CCCC(=O)C32)cc1C(=O)O. The van der Waals surface area contributed by atoms with Crippen molar-refractivity contribution in [2.75, 3.05) is 7.11 Å². The molecule has 6 nitrogen and oxygen atoms in total. The number of aromatic carboxylic acids is 1. The maximum absolute atomic E-state index is 12.8. The largest absolute Gasteiger partial charge is 0.496 e. The van der Waals surface area contributed by atoms with E-state index in [4.69, 9.17) is 9.73 Å². The van der Waals surface area contributed by atoms with Crippen LogP contribution in [0.15, 0.2) is 34.5 Å². The molecule has 1 heterocycles. The fourth-order valence-corrected chi connectivity index (χ4v) is 4.55. The first kappa shape index (κ1) is 17.6. The lowest BCUT2D eigenvalue weighted by Gasteiger charge is -2.38. The summed E-state index contributed by atoms with van der Waals surface area (Å²) in [6.45, 7) is 0. The number of ether oxygens (including phenoxy) is 1. The Morgan fingerprint density at radius 2 is 1.89 bits per heavy atom. The van der Waals surface area contributed by atoms with Crippen molar-refractivity contribution in [3.8, 4) is 5.75 Å². The van der Waals surface area contributed by atoms with Crippen LogP contribution in [0.4, 0.5) is 0 Å². The molecule has 1 fully saturated rings. The zero-order valence-corrected chi connectivity index (χ0v) is 15.2.